The quantitative estimate of drug-likeness (QED) is 0.804. The number of ether oxygens (including phenoxy) is 1. The molecule has 2 atom stereocenters. The van der Waals surface area contributed by atoms with Crippen molar-refractivity contribution in [1.29, 1.82) is 0 Å². The van der Waals surface area contributed by atoms with Gasteiger partial charge in [-0.3, -0.25) is 9.59 Å². The van der Waals surface area contributed by atoms with E-state index in [1.54, 1.807) is 4.90 Å². The van der Waals surface area contributed by atoms with Crippen LogP contribution in [0.3, 0.4) is 0 Å². The molecule has 1 spiro atoms. The van der Waals surface area contributed by atoms with Crippen molar-refractivity contribution in [2.24, 2.45) is 28.4 Å². The topological polar surface area (TPSA) is 92.9 Å². The van der Waals surface area contributed by atoms with Gasteiger partial charge in [-0.25, -0.2) is 4.79 Å². The first kappa shape index (κ1) is 19.0. The minimum Gasteiger partial charge on any atom is -0.444 e. The number of carbonyl (C=O) groups is 3. The Morgan fingerprint density at radius 3 is 2.04 bits per heavy atom. The molecule has 3 fully saturated rings. The van der Waals surface area contributed by atoms with Crippen LogP contribution in [0.15, 0.2) is 0 Å². The average Bonchev–Trinajstić information content (AvgIpc) is 3.10. The second-order valence-corrected chi connectivity index (χ2v) is 10.1. The van der Waals surface area contributed by atoms with E-state index < -0.39 is 23.5 Å². The van der Waals surface area contributed by atoms with Crippen LogP contribution in [0.1, 0.15) is 47.5 Å². The molecule has 0 aromatic heterocycles. The van der Waals surface area contributed by atoms with Gasteiger partial charge in [0.1, 0.15) is 5.60 Å². The Balaban J connectivity index is 1.67. The molecular formula is C19H31N3O4. The Kier molecular flexibility index (Phi) is 4.28. The Hall–Kier alpha value is -1.79. The zero-order valence-electron chi connectivity index (χ0n) is 16.5. The Morgan fingerprint density at radius 2 is 1.58 bits per heavy atom. The molecule has 1 saturated carbocycles. The number of likely N-dealkylation sites (tertiary alicyclic amines) is 2. The number of rotatable bonds is 2. The molecule has 1 aliphatic carbocycles. The summed E-state index contributed by atoms with van der Waals surface area (Å²) in [6.45, 7) is 11.6. The van der Waals surface area contributed by atoms with E-state index in [-0.39, 0.29) is 29.2 Å². The molecule has 2 heterocycles. The standard InChI is InChI=1S/C19H31N3O4/c1-17(2,3)26-16(25)21-8-12(14(20)23)6-19(9-21)10-22(11-19)15(24)13-7-18(13,4)5/h12-13H,6-11H2,1-5H3,(H2,20,23)/t12-,13+/m0/s1. The summed E-state index contributed by atoms with van der Waals surface area (Å²) in [5.74, 6) is -0.486. The summed E-state index contributed by atoms with van der Waals surface area (Å²) in [6, 6.07) is 0. The highest BCUT2D eigenvalue weighted by Gasteiger charge is 2.57. The molecule has 26 heavy (non-hydrogen) atoms. The number of amides is 3. The van der Waals surface area contributed by atoms with E-state index >= 15 is 0 Å². The fourth-order valence-electron chi connectivity index (χ4n) is 4.30. The highest BCUT2D eigenvalue weighted by atomic mass is 16.6. The zero-order valence-corrected chi connectivity index (χ0v) is 16.5. The minimum absolute atomic E-state index is 0.102. The first-order valence-electron chi connectivity index (χ1n) is 9.38. The van der Waals surface area contributed by atoms with E-state index in [9.17, 15) is 14.4 Å². The highest BCUT2D eigenvalue weighted by molar-refractivity contribution is 5.84. The molecule has 0 aromatic carbocycles. The summed E-state index contributed by atoms with van der Waals surface area (Å²) in [5, 5.41) is 0. The van der Waals surface area contributed by atoms with Gasteiger partial charge in [-0.05, 0) is 39.0 Å². The van der Waals surface area contributed by atoms with Crippen LogP contribution in [0, 0.1) is 22.7 Å². The maximum absolute atomic E-state index is 12.6. The van der Waals surface area contributed by atoms with Crippen molar-refractivity contribution < 1.29 is 19.1 Å². The second-order valence-electron chi connectivity index (χ2n) is 10.1. The van der Waals surface area contributed by atoms with Crippen LogP contribution in [0.25, 0.3) is 0 Å². The van der Waals surface area contributed by atoms with Gasteiger partial charge in [0, 0.05) is 37.5 Å². The fraction of sp³-hybridized carbons (Fsp3) is 0.842. The molecule has 3 rings (SSSR count). The highest BCUT2D eigenvalue weighted by Crippen LogP contribution is 2.54. The van der Waals surface area contributed by atoms with E-state index in [0.29, 0.717) is 26.1 Å². The number of carbonyl (C=O) groups excluding carboxylic acids is 3. The Labute approximate surface area is 155 Å². The summed E-state index contributed by atoms with van der Waals surface area (Å²) in [7, 11) is 0. The molecule has 2 N–H and O–H groups in total. The van der Waals surface area contributed by atoms with Gasteiger partial charge in [-0.2, -0.15) is 0 Å². The van der Waals surface area contributed by atoms with Crippen LogP contribution in [-0.4, -0.2) is 59.5 Å². The van der Waals surface area contributed by atoms with Crippen LogP contribution >= 0.6 is 0 Å². The predicted molar refractivity (Wildman–Crippen MR) is 96.0 cm³/mol. The number of nitrogens with two attached hydrogens (primary N) is 1. The lowest BCUT2D eigenvalue weighted by Gasteiger charge is -2.55. The van der Waals surface area contributed by atoms with Gasteiger partial charge in [-0.15, -0.1) is 0 Å². The first-order valence-corrected chi connectivity index (χ1v) is 9.38. The molecule has 0 unspecified atom stereocenters. The third-order valence-corrected chi connectivity index (χ3v) is 5.88. The molecule has 0 radical (unpaired) electrons. The Bertz CT molecular complexity index is 631. The maximum Gasteiger partial charge on any atom is 0.410 e. The summed E-state index contributed by atoms with van der Waals surface area (Å²) >= 11 is 0. The molecular weight excluding hydrogens is 334 g/mol. The minimum atomic E-state index is -0.594. The summed E-state index contributed by atoms with van der Waals surface area (Å²) in [6.07, 6.45) is 1.14. The predicted octanol–water partition coefficient (Wildman–Crippen LogP) is 1.60. The van der Waals surface area contributed by atoms with Crippen molar-refractivity contribution in [2.75, 3.05) is 26.2 Å². The molecule has 2 aliphatic heterocycles. The smallest absolute Gasteiger partial charge is 0.410 e. The van der Waals surface area contributed by atoms with Crippen molar-refractivity contribution in [3.63, 3.8) is 0 Å². The largest absolute Gasteiger partial charge is 0.444 e. The van der Waals surface area contributed by atoms with E-state index in [2.05, 4.69) is 13.8 Å². The molecule has 2 saturated heterocycles. The third-order valence-electron chi connectivity index (χ3n) is 5.88. The van der Waals surface area contributed by atoms with Crippen LogP contribution in [-0.2, 0) is 14.3 Å². The molecule has 0 aromatic rings. The van der Waals surface area contributed by atoms with E-state index in [1.807, 2.05) is 25.7 Å². The lowest BCUT2D eigenvalue weighted by molar-refractivity contribution is -0.152. The average molecular weight is 365 g/mol. The van der Waals surface area contributed by atoms with Crippen LogP contribution in [0.2, 0.25) is 0 Å². The molecule has 3 aliphatic rings. The number of nitrogens with zero attached hydrogens (tertiary/aromatic N) is 2. The summed E-state index contributed by atoms with van der Waals surface area (Å²) < 4.78 is 5.47. The van der Waals surface area contributed by atoms with Gasteiger partial charge in [0.05, 0.1) is 5.92 Å². The molecule has 3 amide bonds. The van der Waals surface area contributed by atoms with Crippen molar-refractivity contribution in [3.05, 3.63) is 0 Å². The fourth-order valence-corrected chi connectivity index (χ4v) is 4.30. The van der Waals surface area contributed by atoms with E-state index in [1.165, 1.54) is 0 Å². The van der Waals surface area contributed by atoms with Crippen LogP contribution in [0.4, 0.5) is 4.79 Å². The van der Waals surface area contributed by atoms with Crippen LogP contribution in [0.5, 0.6) is 0 Å². The van der Waals surface area contributed by atoms with E-state index in [0.717, 1.165) is 6.42 Å². The SMILES string of the molecule is CC(C)(C)OC(=O)N1C[C@@H](C(N)=O)CC2(C1)CN(C(=O)[C@H]1CC1(C)C)C2. The Morgan fingerprint density at radius 1 is 1.04 bits per heavy atom. The third kappa shape index (κ3) is 3.67. The van der Waals surface area contributed by atoms with Gasteiger partial charge < -0.3 is 20.3 Å². The van der Waals surface area contributed by atoms with E-state index in [4.69, 9.17) is 10.5 Å². The molecule has 7 heteroatoms. The number of piperidine rings is 1. The molecule has 146 valence electrons. The zero-order chi connectivity index (χ0) is 19.5. The van der Waals surface area contributed by atoms with Gasteiger partial charge in [0.15, 0.2) is 0 Å². The van der Waals surface area contributed by atoms with Crippen molar-refractivity contribution >= 4 is 17.9 Å². The van der Waals surface area contributed by atoms with Gasteiger partial charge in [0.2, 0.25) is 11.8 Å². The van der Waals surface area contributed by atoms with Crippen molar-refractivity contribution in [2.45, 2.75) is 53.1 Å². The molecule has 0 bridgehead atoms. The lowest BCUT2D eigenvalue weighted by atomic mass is 9.69. The second kappa shape index (κ2) is 5.86. The first-order chi connectivity index (χ1) is 11.8. The lowest BCUT2D eigenvalue weighted by Crippen LogP contribution is -2.67. The number of hydrogen-bond donors (Lipinski definition) is 1. The number of hydrogen-bond acceptors (Lipinski definition) is 4. The summed E-state index contributed by atoms with van der Waals surface area (Å²) in [4.78, 5) is 40.4. The monoisotopic (exact) mass is 365 g/mol. The number of primary amides is 1. The van der Waals surface area contributed by atoms with Gasteiger partial charge >= 0.3 is 6.09 Å². The van der Waals surface area contributed by atoms with Gasteiger partial charge in [-0.1, -0.05) is 13.8 Å². The van der Waals surface area contributed by atoms with Crippen LogP contribution < -0.4 is 5.73 Å². The summed E-state index contributed by atoms with van der Waals surface area (Å²) in [5.41, 5.74) is 4.81. The van der Waals surface area contributed by atoms with Crippen molar-refractivity contribution in [1.82, 2.24) is 9.80 Å². The molecule has 7 nitrogen and oxygen atoms in total. The van der Waals surface area contributed by atoms with Crippen molar-refractivity contribution in [3.8, 4) is 0 Å². The van der Waals surface area contributed by atoms with Gasteiger partial charge in [0.25, 0.3) is 0 Å². The maximum atomic E-state index is 12.6. The normalized spacial score (nSPS) is 29.1.